The Hall–Kier alpha value is -1.38. The van der Waals surface area contributed by atoms with Crippen molar-refractivity contribution in [2.45, 2.75) is 33.2 Å². The molecule has 1 unspecified atom stereocenters. The summed E-state index contributed by atoms with van der Waals surface area (Å²) < 4.78 is 5.00. The number of benzene rings is 1. The van der Waals surface area contributed by atoms with Crippen molar-refractivity contribution in [2.24, 2.45) is 5.92 Å². The molecule has 1 aromatic rings. The molecule has 3 nitrogen and oxygen atoms in total. The van der Waals surface area contributed by atoms with E-state index in [1.807, 2.05) is 6.07 Å². The smallest absolute Gasteiger partial charge is 0.160 e. The number of methoxy groups -OCH3 is 1. The standard InChI is InChI=1S/C13H21NO2/c1-5-11(9(2)3)14-10-6-7-13(16-4)12(15)8-10/h6-9,11,14-15H,5H2,1-4H3. The van der Waals surface area contributed by atoms with E-state index in [2.05, 4.69) is 26.1 Å². The summed E-state index contributed by atoms with van der Waals surface area (Å²) in [6.07, 6.45) is 1.06. The highest BCUT2D eigenvalue weighted by Crippen LogP contribution is 2.29. The van der Waals surface area contributed by atoms with Crippen molar-refractivity contribution >= 4 is 5.69 Å². The van der Waals surface area contributed by atoms with Crippen molar-refractivity contribution in [2.75, 3.05) is 12.4 Å². The van der Waals surface area contributed by atoms with Crippen LogP contribution in [0, 0.1) is 5.92 Å². The quantitative estimate of drug-likeness (QED) is 0.805. The Kier molecular flexibility index (Phi) is 4.47. The molecule has 1 rings (SSSR count). The zero-order valence-corrected chi connectivity index (χ0v) is 10.4. The Morgan fingerprint density at radius 2 is 2.06 bits per heavy atom. The number of hydrogen-bond donors (Lipinski definition) is 2. The third-order valence-electron chi connectivity index (χ3n) is 2.78. The number of hydrogen-bond acceptors (Lipinski definition) is 3. The van der Waals surface area contributed by atoms with Crippen molar-refractivity contribution in [1.29, 1.82) is 0 Å². The predicted octanol–water partition coefficient (Wildman–Crippen LogP) is 3.25. The molecule has 3 heteroatoms. The van der Waals surface area contributed by atoms with Crippen molar-refractivity contribution < 1.29 is 9.84 Å². The van der Waals surface area contributed by atoms with E-state index < -0.39 is 0 Å². The monoisotopic (exact) mass is 223 g/mol. The van der Waals surface area contributed by atoms with Gasteiger partial charge in [0.25, 0.3) is 0 Å². The Labute approximate surface area is 97.4 Å². The normalized spacial score (nSPS) is 12.6. The van der Waals surface area contributed by atoms with Crippen LogP contribution in [-0.2, 0) is 0 Å². The van der Waals surface area contributed by atoms with Gasteiger partial charge in [-0.1, -0.05) is 20.8 Å². The SMILES string of the molecule is CCC(Nc1ccc(OC)c(O)c1)C(C)C. The molecular formula is C13H21NO2. The van der Waals surface area contributed by atoms with Gasteiger partial charge in [-0.05, 0) is 24.5 Å². The van der Waals surface area contributed by atoms with Crippen LogP contribution in [0.1, 0.15) is 27.2 Å². The molecule has 1 aromatic carbocycles. The second-order valence-corrected chi connectivity index (χ2v) is 4.29. The Morgan fingerprint density at radius 1 is 1.38 bits per heavy atom. The molecular weight excluding hydrogens is 202 g/mol. The lowest BCUT2D eigenvalue weighted by atomic mass is 10.0. The molecule has 0 aliphatic carbocycles. The summed E-state index contributed by atoms with van der Waals surface area (Å²) in [5, 5.41) is 13.1. The van der Waals surface area contributed by atoms with Crippen LogP contribution in [0.4, 0.5) is 5.69 Å². The second kappa shape index (κ2) is 5.64. The lowest BCUT2D eigenvalue weighted by Gasteiger charge is -2.22. The van der Waals surface area contributed by atoms with Crippen LogP contribution in [0.25, 0.3) is 0 Å². The minimum Gasteiger partial charge on any atom is -0.504 e. The van der Waals surface area contributed by atoms with Crippen molar-refractivity contribution in [3.63, 3.8) is 0 Å². The highest BCUT2D eigenvalue weighted by molar-refractivity contribution is 5.54. The number of nitrogens with one attached hydrogen (secondary N) is 1. The first-order valence-corrected chi connectivity index (χ1v) is 5.72. The largest absolute Gasteiger partial charge is 0.504 e. The van der Waals surface area contributed by atoms with E-state index in [0.717, 1.165) is 12.1 Å². The third-order valence-corrected chi connectivity index (χ3v) is 2.78. The highest BCUT2D eigenvalue weighted by Gasteiger charge is 2.11. The summed E-state index contributed by atoms with van der Waals surface area (Å²) in [5.41, 5.74) is 0.929. The first-order valence-electron chi connectivity index (χ1n) is 5.72. The van der Waals surface area contributed by atoms with E-state index in [0.29, 0.717) is 17.7 Å². The summed E-state index contributed by atoms with van der Waals surface area (Å²) >= 11 is 0. The lowest BCUT2D eigenvalue weighted by molar-refractivity contribution is 0.373. The number of phenols is 1. The molecule has 0 aliphatic heterocycles. The van der Waals surface area contributed by atoms with Gasteiger partial charge >= 0.3 is 0 Å². The Balaban J connectivity index is 2.78. The number of anilines is 1. The number of aromatic hydroxyl groups is 1. The average Bonchev–Trinajstić information content (AvgIpc) is 2.25. The first-order chi connectivity index (χ1) is 7.58. The Bertz CT molecular complexity index is 337. The van der Waals surface area contributed by atoms with Crippen molar-refractivity contribution in [3.05, 3.63) is 18.2 Å². The van der Waals surface area contributed by atoms with E-state index >= 15 is 0 Å². The third kappa shape index (κ3) is 3.05. The van der Waals surface area contributed by atoms with Gasteiger partial charge in [0.2, 0.25) is 0 Å². The fourth-order valence-electron chi connectivity index (χ4n) is 1.73. The van der Waals surface area contributed by atoms with Crippen LogP contribution in [-0.4, -0.2) is 18.3 Å². The molecule has 0 fully saturated rings. The predicted molar refractivity (Wildman–Crippen MR) is 67.2 cm³/mol. The summed E-state index contributed by atoms with van der Waals surface area (Å²) in [6, 6.07) is 5.81. The molecule has 90 valence electrons. The maximum absolute atomic E-state index is 9.65. The molecule has 0 aliphatic rings. The maximum atomic E-state index is 9.65. The molecule has 0 bridgehead atoms. The van der Waals surface area contributed by atoms with Crippen LogP contribution in [0.5, 0.6) is 11.5 Å². The number of rotatable bonds is 5. The topological polar surface area (TPSA) is 41.5 Å². The van der Waals surface area contributed by atoms with Crippen molar-refractivity contribution in [3.8, 4) is 11.5 Å². The van der Waals surface area contributed by atoms with Crippen molar-refractivity contribution in [1.82, 2.24) is 0 Å². The summed E-state index contributed by atoms with van der Waals surface area (Å²) in [7, 11) is 1.55. The minimum atomic E-state index is 0.172. The first kappa shape index (κ1) is 12.7. The van der Waals surface area contributed by atoms with E-state index in [4.69, 9.17) is 4.74 Å². The summed E-state index contributed by atoms with van der Waals surface area (Å²) in [5.74, 6) is 1.24. The van der Waals surface area contributed by atoms with Crippen LogP contribution >= 0.6 is 0 Å². The van der Waals surface area contributed by atoms with Gasteiger partial charge in [0.05, 0.1) is 7.11 Å². The molecule has 0 radical (unpaired) electrons. The van der Waals surface area contributed by atoms with Gasteiger partial charge in [-0.3, -0.25) is 0 Å². The fraction of sp³-hybridized carbons (Fsp3) is 0.538. The van der Waals surface area contributed by atoms with E-state index in [9.17, 15) is 5.11 Å². The molecule has 0 spiro atoms. The van der Waals surface area contributed by atoms with Gasteiger partial charge in [-0.15, -0.1) is 0 Å². The number of ether oxygens (including phenoxy) is 1. The molecule has 1 atom stereocenters. The second-order valence-electron chi connectivity index (χ2n) is 4.29. The molecule has 0 aromatic heterocycles. The van der Waals surface area contributed by atoms with E-state index in [1.165, 1.54) is 0 Å². The average molecular weight is 223 g/mol. The van der Waals surface area contributed by atoms with E-state index in [-0.39, 0.29) is 5.75 Å². The van der Waals surface area contributed by atoms with Gasteiger partial charge in [0.1, 0.15) is 0 Å². The van der Waals surface area contributed by atoms with Crippen LogP contribution in [0.2, 0.25) is 0 Å². The zero-order valence-electron chi connectivity index (χ0n) is 10.4. The molecule has 0 amide bonds. The molecule has 0 saturated heterocycles. The van der Waals surface area contributed by atoms with Crippen LogP contribution < -0.4 is 10.1 Å². The van der Waals surface area contributed by atoms with Gasteiger partial charge in [0.15, 0.2) is 11.5 Å². The molecule has 16 heavy (non-hydrogen) atoms. The minimum absolute atomic E-state index is 0.172. The molecule has 2 N–H and O–H groups in total. The number of phenolic OH excluding ortho intramolecular Hbond substituents is 1. The molecule has 0 heterocycles. The Morgan fingerprint density at radius 3 is 2.50 bits per heavy atom. The van der Waals surface area contributed by atoms with Gasteiger partial charge < -0.3 is 15.2 Å². The van der Waals surface area contributed by atoms with Gasteiger partial charge in [-0.2, -0.15) is 0 Å². The zero-order chi connectivity index (χ0) is 12.1. The lowest BCUT2D eigenvalue weighted by Crippen LogP contribution is -2.24. The van der Waals surface area contributed by atoms with Gasteiger partial charge in [0, 0.05) is 17.8 Å². The van der Waals surface area contributed by atoms with E-state index in [1.54, 1.807) is 19.2 Å². The fourth-order valence-corrected chi connectivity index (χ4v) is 1.73. The highest BCUT2D eigenvalue weighted by atomic mass is 16.5. The molecule has 0 saturated carbocycles. The van der Waals surface area contributed by atoms with Gasteiger partial charge in [-0.25, -0.2) is 0 Å². The van der Waals surface area contributed by atoms with Crippen LogP contribution in [0.15, 0.2) is 18.2 Å². The maximum Gasteiger partial charge on any atom is 0.160 e. The van der Waals surface area contributed by atoms with Crippen LogP contribution in [0.3, 0.4) is 0 Å². The summed E-state index contributed by atoms with van der Waals surface area (Å²) in [6.45, 7) is 6.52. The summed E-state index contributed by atoms with van der Waals surface area (Å²) in [4.78, 5) is 0.